The summed E-state index contributed by atoms with van der Waals surface area (Å²) in [5.41, 5.74) is 2.22. The van der Waals surface area contributed by atoms with E-state index in [0.29, 0.717) is 18.0 Å². The average molecular weight is 277 g/mol. The third kappa shape index (κ3) is 4.14. The summed E-state index contributed by atoms with van der Waals surface area (Å²) in [5.74, 6) is 0.0659. The molecule has 0 atom stereocenters. The van der Waals surface area contributed by atoms with E-state index in [2.05, 4.69) is 5.32 Å². The zero-order valence-electron chi connectivity index (χ0n) is 10.9. The molecule has 0 saturated carbocycles. The summed E-state index contributed by atoms with van der Waals surface area (Å²) in [4.78, 5) is 11.7. The summed E-state index contributed by atoms with van der Waals surface area (Å²) in [7, 11) is 1.99. The Labute approximate surface area is 118 Å². The molecule has 0 fully saturated rings. The lowest BCUT2D eigenvalue weighted by Gasteiger charge is -2.06. The number of aryl methyl sites for hydroxylation is 2. The molecule has 1 N–H and O–H groups in total. The Kier molecular flexibility index (Phi) is 4.63. The lowest BCUT2D eigenvalue weighted by atomic mass is 10.2. The van der Waals surface area contributed by atoms with E-state index >= 15 is 0 Å². The van der Waals surface area contributed by atoms with Gasteiger partial charge in [-0.15, -0.1) is 0 Å². The molecule has 0 unspecified atom stereocenters. The lowest BCUT2D eigenvalue weighted by molar-refractivity contribution is -0.121. The van der Waals surface area contributed by atoms with Gasteiger partial charge in [0.1, 0.15) is 0 Å². The Balaban J connectivity index is 1.76. The van der Waals surface area contributed by atoms with E-state index in [-0.39, 0.29) is 5.91 Å². The highest BCUT2D eigenvalue weighted by Crippen LogP contribution is 2.09. The fourth-order valence-corrected chi connectivity index (χ4v) is 2.02. The van der Waals surface area contributed by atoms with Crippen LogP contribution in [0.25, 0.3) is 0 Å². The lowest BCUT2D eigenvalue weighted by Crippen LogP contribution is -2.23. The Hall–Kier alpha value is -1.74. The number of amides is 1. The molecule has 0 saturated heterocycles. The SMILES string of the molecule is Cn1cccc1CCC(=O)NCc1ccc(Cl)cc1. The summed E-state index contributed by atoms with van der Waals surface area (Å²) in [6.45, 7) is 0.545. The van der Waals surface area contributed by atoms with Crippen molar-refractivity contribution in [2.45, 2.75) is 19.4 Å². The molecule has 1 amide bonds. The van der Waals surface area contributed by atoms with Crippen molar-refractivity contribution in [1.82, 2.24) is 9.88 Å². The first-order valence-corrected chi connectivity index (χ1v) is 6.64. The molecule has 3 nitrogen and oxygen atoms in total. The van der Waals surface area contributed by atoms with Crippen LogP contribution < -0.4 is 5.32 Å². The molecule has 0 spiro atoms. The number of nitrogens with one attached hydrogen (secondary N) is 1. The molecule has 2 aromatic rings. The molecule has 0 radical (unpaired) electrons. The molecule has 100 valence electrons. The third-order valence-corrected chi connectivity index (χ3v) is 3.31. The van der Waals surface area contributed by atoms with Gasteiger partial charge in [-0.1, -0.05) is 23.7 Å². The predicted molar refractivity (Wildman–Crippen MR) is 77.0 cm³/mol. The Morgan fingerprint density at radius 3 is 2.63 bits per heavy atom. The second kappa shape index (κ2) is 6.43. The topological polar surface area (TPSA) is 34.0 Å². The van der Waals surface area contributed by atoms with Crippen molar-refractivity contribution in [2.24, 2.45) is 7.05 Å². The number of hydrogen-bond acceptors (Lipinski definition) is 1. The highest BCUT2D eigenvalue weighted by molar-refractivity contribution is 6.30. The van der Waals surface area contributed by atoms with Crippen LogP contribution in [-0.4, -0.2) is 10.5 Å². The Morgan fingerprint density at radius 1 is 1.26 bits per heavy atom. The van der Waals surface area contributed by atoms with E-state index in [4.69, 9.17) is 11.6 Å². The Morgan fingerprint density at radius 2 is 2.00 bits per heavy atom. The van der Waals surface area contributed by atoms with Crippen LogP contribution in [0.15, 0.2) is 42.6 Å². The summed E-state index contributed by atoms with van der Waals surface area (Å²) in [6, 6.07) is 11.5. The minimum Gasteiger partial charge on any atom is -0.354 e. The quantitative estimate of drug-likeness (QED) is 0.895. The van der Waals surface area contributed by atoms with Gasteiger partial charge in [-0.2, -0.15) is 0 Å². The predicted octanol–water partition coefficient (Wildman–Crippen LogP) is 2.93. The largest absolute Gasteiger partial charge is 0.354 e. The van der Waals surface area contributed by atoms with Crippen LogP contribution in [0.3, 0.4) is 0 Å². The first kappa shape index (κ1) is 13.7. The van der Waals surface area contributed by atoms with Crippen LogP contribution in [0, 0.1) is 0 Å². The summed E-state index contributed by atoms with van der Waals surface area (Å²) in [6.07, 6.45) is 3.25. The van der Waals surface area contributed by atoms with Crippen molar-refractivity contribution in [3.63, 3.8) is 0 Å². The van der Waals surface area contributed by atoms with Crippen LogP contribution in [0.4, 0.5) is 0 Å². The molecule has 0 aliphatic rings. The first-order valence-electron chi connectivity index (χ1n) is 6.26. The molecule has 19 heavy (non-hydrogen) atoms. The van der Waals surface area contributed by atoms with Crippen LogP contribution >= 0.6 is 11.6 Å². The second-order valence-corrected chi connectivity index (χ2v) is 4.95. The zero-order chi connectivity index (χ0) is 13.7. The van der Waals surface area contributed by atoms with Gasteiger partial charge in [0.2, 0.25) is 5.91 Å². The maximum atomic E-state index is 11.7. The fourth-order valence-electron chi connectivity index (χ4n) is 1.89. The van der Waals surface area contributed by atoms with Gasteiger partial charge in [0, 0.05) is 36.9 Å². The van der Waals surface area contributed by atoms with Gasteiger partial charge in [0.15, 0.2) is 0 Å². The molecular weight excluding hydrogens is 260 g/mol. The molecular formula is C15H17ClN2O. The number of nitrogens with zero attached hydrogens (tertiary/aromatic N) is 1. The Bertz CT molecular complexity index is 546. The molecule has 1 aromatic carbocycles. The fraction of sp³-hybridized carbons (Fsp3) is 0.267. The van der Waals surface area contributed by atoms with Crippen LogP contribution in [0.5, 0.6) is 0 Å². The molecule has 4 heteroatoms. The van der Waals surface area contributed by atoms with Gasteiger partial charge in [-0.3, -0.25) is 4.79 Å². The molecule has 0 aliphatic heterocycles. The number of hydrogen-bond donors (Lipinski definition) is 1. The summed E-state index contributed by atoms with van der Waals surface area (Å²) < 4.78 is 2.03. The van der Waals surface area contributed by atoms with Crippen LogP contribution in [0.1, 0.15) is 17.7 Å². The standard InChI is InChI=1S/C15H17ClN2O/c1-18-10-2-3-14(18)8-9-15(19)17-11-12-4-6-13(16)7-5-12/h2-7,10H,8-9,11H2,1H3,(H,17,19). The number of halogens is 1. The van der Waals surface area contributed by atoms with Crippen LogP contribution in [-0.2, 0) is 24.8 Å². The summed E-state index contributed by atoms with van der Waals surface area (Å²) >= 11 is 5.81. The van der Waals surface area contributed by atoms with E-state index in [1.807, 2.05) is 54.2 Å². The van der Waals surface area contributed by atoms with Crippen molar-refractivity contribution < 1.29 is 4.79 Å². The number of benzene rings is 1. The monoisotopic (exact) mass is 276 g/mol. The van der Waals surface area contributed by atoms with E-state index in [1.165, 1.54) is 5.69 Å². The normalized spacial score (nSPS) is 10.4. The van der Waals surface area contributed by atoms with Crippen molar-refractivity contribution >= 4 is 17.5 Å². The average Bonchev–Trinajstić information content (AvgIpc) is 2.81. The van der Waals surface area contributed by atoms with Crippen molar-refractivity contribution in [2.75, 3.05) is 0 Å². The summed E-state index contributed by atoms with van der Waals surface area (Å²) in [5, 5.41) is 3.62. The third-order valence-electron chi connectivity index (χ3n) is 3.06. The van der Waals surface area contributed by atoms with E-state index in [1.54, 1.807) is 0 Å². The molecule has 0 aliphatic carbocycles. The van der Waals surface area contributed by atoms with Gasteiger partial charge in [-0.05, 0) is 36.2 Å². The maximum Gasteiger partial charge on any atom is 0.220 e. The molecule has 2 rings (SSSR count). The maximum absolute atomic E-state index is 11.7. The highest BCUT2D eigenvalue weighted by atomic mass is 35.5. The number of carbonyl (C=O) groups excluding carboxylic acids is 1. The van der Waals surface area contributed by atoms with Crippen molar-refractivity contribution in [3.8, 4) is 0 Å². The van der Waals surface area contributed by atoms with E-state index < -0.39 is 0 Å². The second-order valence-electron chi connectivity index (χ2n) is 4.51. The van der Waals surface area contributed by atoms with Crippen LogP contribution in [0.2, 0.25) is 5.02 Å². The molecule has 0 bridgehead atoms. The minimum atomic E-state index is 0.0659. The van der Waals surface area contributed by atoms with Gasteiger partial charge >= 0.3 is 0 Å². The minimum absolute atomic E-state index is 0.0659. The van der Waals surface area contributed by atoms with Gasteiger partial charge < -0.3 is 9.88 Å². The van der Waals surface area contributed by atoms with Gasteiger partial charge in [0.05, 0.1) is 0 Å². The van der Waals surface area contributed by atoms with Gasteiger partial charge in [-0.25, -0.2) is 0 Å². The molecule has 1 aromatic heterocycles. The molecule has 1 heterocycles. The van der Waals surface area contributed by atoms with Gasteiger partial charge in [0.25, 0.3) is 0 Å². The smallest absolute Gasteiger partial charge is 0.220 e. The van der Waals surface area contributed by atoms with E-state index in [9.17, 15) is 4.79 Å². The first-order chi connectivity index (χ1) is 9.15. The van der Waals surface area contributed by atoms with Crippen molar-refractivity contribution in [3.05, 3.63) is 58.9 Å². The zero-order valence-corrected chi connectivity index (χ0v) is 11.7. The highest BCUT2D eigenvalue weighted by Gasteiger charge is 2.04. The van der Waals surface area contributed by atoms with Crippen molar-refractivity contribution in [1.29, 1.82) is 0 Å². The number of rotatable bonds is 5. The van der Waals surface area contributed by atoms with E-state index in [0.717, 1.165) is 12.0 Å². The number of aromatic nitrogens is 1. The number of carbonyl (C=O) groups is 1.